The van der Waals surface area contributed by atoms with Crippen molar-refractivity contribution in [1.82, 2.24) is 0 Å². The molecule has 0 aromatic rings. The summed E-state index contributed by atoms with van der Waals surface area (Å²) in [4.78, 5) is 36.9. The summed E-state index contributed by atoms with van der Waals surface area (Å²) in [6.07, 6.45) is 0.0559. The van der Waals surface area contributed by atoms with Crippen molar-refractivity contribution in [3.8, 4) is 0 Å². The van der Waals surface area contributed by atoms with Crippen molar-refractivity contribution in [2.45, 2.75) is 76.8 Å². The van der Waals surface area contributed by atoms with Gasteiger partial charge in [-0.15, -0.1) is 0 Å². The maximum atomic E-state index is 12.7. The van der Waals surface area contributed by atoms with E-state index in [9.17, 15) is 24.6 Å². The summed E-state index contributed by atoms with van der Waals surface area (Å²) in [5, 5.41) is 23.6. The number of hydrogen-bond donors (Lipinski definition) is 2. The molecule has 10 heteroatoms. The van der Waals surface area contributed by atoms with Crippen molar-refractivity contribution >= 4 is 40.5 Å². The lowest BCUT2D eigenvalue weighted by atomic mass is 9.54. The molecule has 2 aliphatic carbocycles. The Morgan fingerprint density at radius 3 is 2.44 bits per heavy atom. The van der Waals surface area contributed by atoms with E-state index in [1.165, 1.54) is 13.8 Å². The molecular weight excluding hydrogens is 559 g/mol. The van der Waals surface area contributed by atoms with E-state index in [0.717, 1.165) is 5.57 Å². The summed E-state index contributed by atoms with van der Waals surface area (Å²) in [6, 6.07) is 0. The van der Waals surface area contributed by atoms with Crippen LogP contribution < -0.4 is 0 Å². The highest BCUT2D eigenvalue weighted by atomic mass is 127. The number of epoxide rings is 1. The van der Waals surface area contributed by atoms with Gasteiger partial charge < -0.3 is 29.2 Å². The maximum Gasteiger partial charge on any atom is 0.312 e. The predicted molar refractivity (Wildman–Crippen MR) is 127 cm³/mol. The van der Waals surface area contributed by atoms with E-state index in [1.54, 1.807) is 25.2 Å². The van der Waals surface area contributed by atoms with Crippen LogP contribution in [0.15, 0.2) is 23.8 Å². The molecule has 0 aromatic carbocycles. The van der Waals surface area contributed by atoms with Crippen LogP contribution >= 0.6 is 22.6 Å². The lowest BCUT2D eigenvalue weighted by Crippen LogP contribution is -2.66. The molecule has 0 aromatic heterocycles. The van der Waals surface area contributed by atoms with E-state index in [4.69, 9.17) is 18.9 Å². The third-order valence-electron chi connectivity index (χ3n) is 8.04. The van der Waals surface area contributed by atoms with Crippen LogP contribution in [0.1, 0.15) is 34.6 Å². The summed E-state index contributed by atoms with van der Waals surface area (Å²) in [6.45, 7) is 7.72. The van der Waals surface area contributed by atoms with Crippen LogP contribution in [0.3, 0.4) is 0 Å². The monoisotopic (exact) mass is 590 g/mol. The fourth-order valence-corrected chi connectivity index (χ4v) is 6.70. The lowest BCUT2D eigenvalue weighted by molar-refractivity contribution is -0.215. The summed E-state index contributed by atoms with van der Waals surface area (Å²) >= 11 is 2.15. The van der Waals surface area contributed by atoms with E-state index in [0.29, 0.717) is 4.43 Å². The third kappa shape index (κ3) is 3.81. The predicted octanol–water partition coefficient (Wildman–Crippen LogP) is 1.47. The van der Waals surface area contributed by atoms with Gasteiger partial charge >= 0.3 is 17.9 Å². The number of aliphatic hydroxyl groups is 2. The van der Waals surface area contributed by atoms with E-state index in [1.807, 2.05) is 13.8 Å². The third-order valence-corrected chi connectivity index (χ3v) is 8.92. The van der Waals surface area contributed by atoms with E-state index >= 15 is 0 Å². The fraction of sp³-hybridized carbons (Fsp3) is 0.708. The first-order chi connectivity index (χ1) is 15.9. The number of aliphatic hydroxyl groups excluding tert-OH is 1. The molecule has 0 spiro atoms. The van der Waals surface area contributed by atoms with Crippen molar-refractivity contribution in [2.24, 2.45) is 23.2 Å². The molecular formula is C24H31IO9. The van der Waals surface area contributed by atoms with Crippen LogP contribution in [-0.2, 0) is 33.3 Å². The number of carbonyl (C=O) groups is 3. The molecule has 11 atom stereocenters. The van der Waals surface area contributed by atoms with Gasteiger partial charge in [0.1, 0.15) is 18.3 Å². The molecule has 0 unspecified atom stereocenters. The largest absolute Gasteiger partial charge is 0.459 e. The average Bonchev–Trinajstić information content (AvgIpc) is 3.53. The molecule has 2 heterocycles. The number of allylic oxidation sites excluding steroid dienone is 2. The number of rotatable bonds is 3. The summed E-state index contributed by atoms with van der Waals surface area (Å²) in [7, 11) is 0. The van der Waals surface area contributed by atoms with Crippen molar-refractivity contribution in [3.63, 3.8) is 0 Å². The van der Waals surface area contributed by atoms with Gasteiger partial charge in [-0.2, -0.15) is 0 Å². The second-order valence-corrected chi connectivity index (χ2v) is 10.8. The molecule has 2 N–H and O–H groups in total. The van der Waals surface area contributed by atoms with E-state index < -0.39 is 83.3 Å². The van der Waals surface area contributed by atoms with Crippen LogP contribution in [0.25, 0.3) is 0 Å². The highest BCUT2D eigenvalue weighted by Gasteiger charge is 2.74. The van der Waals surface area contributed by atoms with Crippen LogP contribution in [0.4, 0.5) is 0 Å². The molecule has 0 amide bonds. The van der Waals surface area contributed by atoms with Gasteiger partial charge in [0.25, 0.3) is 0 Å². The molecule has 2 aliphatic heterocycles. The average molecular weight is 590 g/mol. The number of halogens is 1. The number of ether oxygens (including phenoxy) is 4. The Hall–Kier alpha value is -1.50. The van der Waals surface area contributed by atoms with Gasteiger partial charge in [-0.1, -0.05) is 48.6 Å². The number of fused-ring (bicyclic) bond motifs is 4. The first-order valence-electron chi connectivity index (χ1n) is 11.4. The van der Waals surface area contributed by atoms with Gasteiger partial charge in [0.2, 0.25) is 0 Å². The minimum Gasteiger partial charge on any atom is -0.459 e. The molecule has 34 heavy (non-hydrogen) atoms. The van der Waals surface area contributed by atoms with Gasteiger partial charge in [0.05, 0.1) is 18.1 Å². The normalized spacial score (nSPS) is 49.8. The summed E-state index contributed by atoms with van der Waals surface area (Å²) in [5.74, 6) is -4.01. The lowest BCUT2D eigenvalue weighted by Gasteiger charge is -2.53. The second-order valence-electron chi connectivity index (χ2n) is 10.0. The standard InChI is InChI=1S/C24H31IO9/c1-10-17-20(32-13(4)27)24(30)11(2)22(29)33-16(24)8-14(9-25)6-7-15(28)23(17,5)21-19(34-21)18(10)31-12(3)26/h6-8,10-11,15-21,28,30H,9H2,1-5H3/b7-6-,14-8+/t10-,11+,15+,16+,17-,18+,19+,20+,21+,23-,24+/m1/s1. The fourth-order valence-electron chi connectivity index (χ4n) is 6.20. The van der Waals surface area contributed by atoms with Gasteiger partial charge in [0.15, 0.2) is 11.7 Å². The van der Waals surface area contributed by atoms with Gasteiger partial charge in [-0.05, 0) is 18.6 Å². The van der Waals surface area contributed by atoms with Gasteiger partial charge in [-0.25, -0.2) is 0 Å². The minimum atomic E-state index is -1.92. The molecule has 1 saturated carbocycles. The molecule has 4 aliphatic rings. The molecule has 4 rings (SSSR count). The zero-order valence-electron chi connectivity index (χ0n) is 19.8. The second kappa shape index (κ2) is 8.86. The Balaban J connectivity index is 1.95. The molecule has 0 radical (unpaired) electrons. The Kier molecular flexibility index (Phi) is 6.67. The SMILES string of the molecule is CC(=O)O[C@H]1[C@H](C)[C@@H]2[C@H](OC(C)=O)[C@@]3(O)[C@H](/C=C(CI)\C=C/[C@H](O)[C@@]2(C)[C@H]2O[C@@H]12)OC(=O)[C@@H]3C. The van der Waals surface area contributed by atoms with Crippen molar-refractivity contribution in [3.05, 3.63) is 23.8 Å². The van der Waals surface area contributed by atoms with Gasteiger partial charge in [-0.3, -0.25) is 14.4 Å². The zero-order chi connectivity index (χ0) is 25.2. The minimum absolute atomic E-state index is 0.437. The quantitative estimate of drug-likeness (QED) is 0.165. The summed E-state index contributed by atoms with van der Waals surface area (Å²) in [5.41, 5.74) is -2.21. The first-order valence-corrected chi connectivity index (χ1v) is 13.0. The number of carbonyl (C=O) groups excluding carboxylic acids is 3. The molecule has 0 bridgehead atoms. The van der Waals surface area contributed by atoms with Gasteiger partial charge in [0, 0.05) is 35.5 Å². The van der Waals surface area contributed by atoms with Crippen molar-refractivity contribution < 1.29 is 43.5 Å². The van der Waals surface area contributed by atoms with Crippen LogP contribution in [0.2, 0.25) is 0 Å². The Labute approximate surface area is 212 Å². The maximum absolute atomic E-state index is 12.7. The van der Waals surface area contributed by atoms with E-state index in [2.05, 4.69) is 22.6 Å². The highest BCUT2D eigenvalue weighted by molar-refractivity contribution is 14.1. The topological polar surface area (TPSA) is 132 Å². The molecule has 3 fully saturated rings. The molecule has 2 saturated heterocycles. The van der Waals surface area contributed by atoms with Crippen LogP contribution in [-0.4, -0.2) is 74.8 Å². The van der Waals surface area contributed by atoms with Crippen LogP contribution in [0, 0.1) is 23.2 Å². The molecule has 9 nitrogen and oxygen atoms in total. The number of esters is 3. The number of alkyl halides is 1. The molecule has 188 valence electrons. The number of hydrogen-bond acceptors (Lipinski definition) is 9. The van der Waals surface area contributed by atoms with Crippen LogP contribution in [0.5, 0.6) is 0 Å². The van der Waals surface area contributed by atoms with Crippen molar-refractivity contribution in [2.75, 3.05) is 4.43 Å². The smallest absolute Gasteiger partial charge is 0.312 e. The van der Waals surface area contributed by atoms with Crippen molar-refractivity contribution in [1.29, 1.82) is 0 Å². The zero-order valence-corrected chi connectivity index (χ0v) is 21.9. The van der Waals surface area contributed by atoms with E-state index in [-0.39, 0.29) is 0 Å². The Morgan fingerprint density at radius 1 is 1.21 bits per heavy atom. The first kappa shape index (κ1) is 25.6. The summed E-state index contributed by atoms with van der Waals surface area (Å²) < 4.78 is 23.5. The Morgan fingerprint density at radius 2 is 1.85 bits per heavy atom. The Bertz CT molecular complexity index is 947. The highest BCUT2D eigenvalue weighted by Crippen LogP contribution is 2.61.